The van der Waals surface area contributed by atoms with Gasteiger partial charge in [0.25, 0.3) is 0 Å². The highest BCUT2D eigenvalue weighted by atomic mass is 79.9. The number of carbonyl (C=O) groups excluding carboxylic acids is 1. The summed E-state index contributed by atoms with van der Waals surface area (Å²) in [6.07, 6.45) is 2.12. The van der Waals surface area contributed by atoms with Crippen molar-refractivity contribution >= 4 is 28.0 Å². The van der Waals surface area contributed by atoms with Crippen molar-refractivity contribution in [2.75, 3.05) is 0 Å². The maximum Gasteiger partial charge on any atom is 0.137 e. The van der Waals surface area contributed by atoms with Crippen molar-refractivity contribution < 1.29 is 14.3 Å². The first-order chi connectivity index (χ1) is 6.09. The molecule has 0 saturated carbocycles. The lowest BCUT2D eigenvalue weighted by molar-refractivity contribution is -0.297. The van der Waals surface area contributed by atoms with Crippen LogP contribution >= 0.6 is 15.9 Å². The smallest absolute Gasteiger partial charge is 0.137 e. The molecule has 0 heterocycles. The molecular formula is C9H5BrFO2-. The zero-order valence-electron chi connectivity index (χ0n) is 6.46. The molecule has 0 aliphatic carbocycles. The number of carbonyl (C=O) groups is 1. The molecule has 0 aliphatic heterocycles. The minimum atomic E-state index is -1.30. The lowest BCUT2D eigenvalue weighted by Crippen LogP contribution is -2.18. The highest BCUT2D eigenvalue weighted by Crippen LogP contribution is 2.16. The molecule has 0 amide bonds. The van der Waals surface area contributed by atoms with Crippen LogP contribution in [0.25, 0.3) is 6.08 Å². The maximum atomic E-state index is 12.9. The zero-order chi connectivity index (χ0) is 9.84. The van der Waals surface area contributed by atoms with Crippen molar-refractivity contribution in [3.05, 3.63) is 40.1 Å². The van der Waals surface area contributed by atoms with Gasteiger partial charge in [0.1, 0.15) is 5.82 Å². The summed E-state index contributed by atoms with van der Waals surface area (Å²) >= 11 is 2.98. The van der Waals surface area contributed by atoms with E-state index in [1.807, 2.05) is 0 Å². The number of carboxylic acids is 1. The molecule has 0 unspecified atom stereocenters. The Labute approximate surface area is 82.8 Å². The Morgan fingerprint density at radius 3 is 2.77 bits per heavy atom. The quantitative estimate of drug-likeness (QED) is 0.736. The largest absolute Gasteiger partial charge is 0.545 e. The van der Waals surface area contributed by atoms with E-state index in [1.165, 1.54) is 18.2 Å². The summed E-state index contributed by atoms with van der Waals surface area (Å²) in [4.78, 5) is 10.0. The van der Waals surface area contributed by atoms with Gasteiger partial charge in [0.15, 0.2) is 0 Å². The molecule has 1 aromatic rings. The van der Waals surface area contributed by atoms with Gasteiger partial charge in [0, 0.05) is 0 Å². The molecule has 0 saturated heterocycles. The molecule has 0 aliphatic rings. The van der Waals surface area contributed by atoms with Gasteiger partial charge in [-0.25, -0.2) is 4.39 Å². The van der Waals surface area contributed by atoms with Gasteiger partial charge >= 0.3 is 0 Å². The molecule has 2 nitrogen and oxygen atoms in total. The molecule has 0 atom stereocenters. The molecule has 1 aromatic carbocycles. The monoisotopic (exact) mass is 243 g/mol. The van der Waals surface area contributed by atoms with Crippen LogP contribution in [0.15, 0.2) is 28.7 Å². The number of rotatable bonds is 2. The molecule has 0 fully saturated rings. The maximum absolute atomic E-state index is 12.9. The summed E-state index contributed by atoms with van der Waals surface area (Å²) in [5.41, 5.74) is 0.477. The average molecular weight is 244 g/mol. The van der Waals surface area contributed by atoms with Crippen molar-refractivity contribution in [3.8, 4) is 0 Å². The van der Waals surface area contributed by atoms with Crippen LogP contribution in [0.3, 0.4) is 0 Å². The van der Waals surface area contributed by atoms with E-state index in [1.54, 1.807) is 6.07 Å². The Balaban J connectivity index is 2.92. The van der Waals surface area contributed by atoms with Crippen LogP contribution in [-0.2, 0) is 4.79 Å². The van der Waals surface area contributed by atoms with E-state index in [0.717, 1.165) is 6.08 Å². The Hall–Kier alpha value is -1.16. The summed E-state index contributed by atoms with van der Waals surface area (Å²) in [6.45, 7) is 0. The van der Waals surface area contributed by atoms with Crippen LogP contribution in [0, 0.1) is 5.82 Å². The fourth-order valence-corrected chi connectivity index (χ4v) is 1.03. The SMILES string of the molecule is O=C([O-])/C=C/c1ccc(Br)c(F)c1. The number of carboxylic acid groups (broad SMARTS) is 1. The summed E-state index contributed by atoms with van der Waals surface area (Å²) in [5.74, 6) is -1.73. The first-order valence-electron chi connectivity index (χ1n) is 3.43. The number of aliphatic carboxylic acids is 1. The Morgan fingerprint density at radius 2 is 2.23 bits per heavy atom. The Bertz CT molecular complexity index is 361. The third-order valence-electron chi connectivity index (χ3n) is 1.36. The predicted octanol–water partition coefficient (Wildman–Crippen LogP) is 1.35. The summed E-state index contributed by atoms with van der Waals surface area (Å²) in [5, 5.41) is 10.0. The molecule has 0 spiro atoms. The molecule has 68 valence electrons. The normalized spacial score (nSPS) is 10.6. The number of hydrogen-bond acceptors (Lipinski definition) is 2. The zero-order valence-corrected chi connectivity index (χ0v) is 8.05. The number of halogens is 2. The van der Waals surface area contributed by atoms with Gasteiger partial charge in [-0.3, -0.25) is 0 Å². The highest BCUT2D eigenvalue weighted by molar-refractivity contribution is 9.10. The van der Waals surface area contributed by atoms with Gasteiger partial charge in [0.2, 0.25) is 0 Å². The first kappa shape index (κ1) is 9.92. The third-order valence-corrected chi connectivity index (χ3v) is 2.00. The molecule has 0 bridgehead atoms. The third kappa shape index (κ3) is 2.99. The van der Waals surface area contributed by atoms with Gasteiger partial charge < -0.3 is 9.90 Å². The molecule has 13 heavy (non-hydrogen) atoms. The fourth-order valence-electron chi connectivity index (χ4n) is 0.780. The standard InChI is InChI=1S/C9H6BrFO2/c10-7-3-1-6(5-8(7)11)2-4-9(12)13/h1-5H,(H,12,13)/p-1/b4-2+. The van der Waals surface area contributed by atoms with Crippen LogP contribution in [0.2, 0.25) is 0 Å². The van der Waals surface area contributed by atoms with Crippen LogP contribution < -0.4 is 5.11 Å². The van der Waals surface area contributed by atoms with E-state index < -0.39 is 11.8 Å². The minimum absolute atomic E-state index is 0.345. The van der Waals surface area contributed by atoms with Crippen molar-refractivity contribution in [1.82, 2.24) is 0 Å². The van der Waals surface area contributed by atoms with Gasteiger partial charge in [-0.2, -0.15) is 0 Å². The van der Waals surface area contributed by atoms with Gasteiger partial charge in [-0.15, -0.1) is 0 Å². The number of benzene rings is 1. The second kappa shape index (κ2) is 4.18. The molecule has 0 N–H and O–H groups in total. The van der Waals surface area contributed by atoms with Crippen molar-refractivity contribution in [3.63, 3.8) is 0 Å². The fraction of sp³-hybridized carbons (Fsp3) is 0. The van der Waals surface area contributed by atoms with Gasteiger partial charge in [-0.1, -0.05) is 12.1 Å². The molecule has 4 heteroatoms. The average Bonchev–Trinajstić information content (AvgIpc) is 2.07. The first-order valence-corrected chi connectivity index (χ1v) is 4.23. The van der Waals surface area contributed by atoms with E-state index in [9.17, 15) is 14.3 Å². The molecule has 0 aromatic heterocycles. The Morgan fingerprint density at radius 1 is 1.54 bits per heavy atom. The topological polar surface area (TPSA) is 40.1 Å². The van der Waals surface area contributed by atoms with Crippen molar-refractivity contribution in [2.45, 2.75) is 0 Å². The van der Waals surface area contributed by atoms with Gasteiger partial charge in [0.05, 0.1) is 10.4 Å². The van der Waals surface area contributed by atoms with E-state index in [2.05, 4.69) is 15.9 Å². The van der Waals surface area contributed by atoms with E-state index >= 15 is 0 Å². The predicted molar refractivity (Wildman–Crippen MR) is 48.1 cm³/mol. The summed E-state index contributed by atoms with van der Waals surface area (Å²) in [7, 11) is 0. The molecular weight excluding hydrogens is 239 g/mol. The lowest BCUT2D eigenvalue weighted by Gasteiger charge is -1.96. The van der Waals surface area contributed by atoms with Gasteiger partial charge in [-0.05, 0) is 39.7 Å². The van der Waals surface area contributed by atoms with Crippen LogP contribution in [0.4, 0.5) is 4.39 Å². The highest BCUT2D eigenvalue weighted by Gasteiger charge is 1.97. The minimum Gasteiger partial charge on any atom is -0.545 e. The second-order valence-corrected chi connectivity index (χ2v) is 3.18. The van der Waals surface area contributed by atoms with E-state index in [4.69, 9.17) is 0 Å². The van der Waals surface area contributed by atoms with Crippen LogP contribution in [0.1, 0.15) is 5.56 Å². The van der Waals surface area contributed by atoms with Crippen LogP contribution in [0.5, 0.6) is 0 Å². The van der Waals surface area contributed by atoms with Crippen LogP contribution in [-0.4, -0.2) is 5.97 Å². The molecule has 0 radical (unpaired) electrons. The second-order valence-electron chi connectivity index (χ2n) is 2.33. The van der Waals surface area contributed by atoms with E-state index in [-0.39, 0.29) is 0 Å². The lowest BCUT2D eigenvalue weighted by atomic mass is 10.2. The summed E-state index contributed by atoms with van der Waals surface area (Å²) in [6, 6.07) is 4.32. The number of hydrogen-bond donors (Lipinski definition) is 0. The van der Waals surface area contributed by atoms with E-state index in [0.29, 0.717) is 10.0 Å². The summed E-state index contributed by atoms with van der Waals surface area (Å²) < 4.78 is 13.2. The van der Waals surface area contributed by atoms with Crippen molar-refractivity contribution in [1.29, 1.82) is 0 Å². The van der Waals surface area contributed by atoms with Crippen molar-refractivity contribution in [2.24, 2.45) is 0 Å². The molecule has 1 rings (SSSR count). The Kier molecular flexibility index (Phi) is 3.19.